The second-order valence-electron chi connectivity index (χ2n) is 5.02. The molecule has 20 heavy (non-hydrogen) atoms. The van der Waals surface area contributed by atoms with E-state index in [2.05, 4.69) is 0 Å². The SMILES string of the molecule is COc1cccc(C(=O)N2CCC(CCN)C2)c1OC. The summed E-state index contributed by atoms with van der Waals surface area (Å²) in [6.07, 6.45) is 1.99. The number of rotatable bonds is 5. The highest BCUT2D eigenvalue weighted by Gasteiger charge is 2.28. The normalized spacial score (nSPS) is 18.1. The molecule has 1 aromatic carbocycles. The number of nitrogens with zero attached hydrogens (tertiary/aromatic N) is 1. The van der Waals surface area contributed by atoms with Gasteiger partial charge in [-0.3, -0.25) is 4.79 Å². The maximum atomic E-state index is 12.6. The van der Waals surface area contributed by atoms with E-state index in [0.717, 1.165) is 25.9 Å². The van der Waals surface area contributed by atoms with Crippen LogP contribution in [0, 0.1) is 5.92 Å². The molecule has 1 fully saturated rings. The van der Waals surface area contributed by atoms with Gasteiger partial charge in [-0.1, -0.05) is 6.07 Å². The van der Waals surface area contributed by atoms with E-state index in [0.29, 0.717) is 29.5 Å². The minimum Gasteiger partial charge on any atom is -0.493 e. The van der Waals surface area contributed by atoms with Gasteiger partial charge in [0.2, 0.25) is 0 Å². The lowest BCUT2D eigenvalue weighted by Crippen LogP contribution is -2.29. The minimum atomic E-state index is 0.000251. The van der Waals surface area contributed by atoms with Crippen LogP contribution in [-0.4, -0.2) is 44.7 Å². The fourth-order valence-electron chi connectivity index (χ4n) is 2.71. The fraction of sp³-hybridized carbons (Fsp3) is 0.533. The van der Waals surface area contributed by atoms with Crippen LogP contribution in [0.15, 0.2) is 18.2 Å². The Labute approximate surface area is 119 Å². The number of likely N-dealkylation sites (tertiary alicyclic amines) is 1. The van der Waals surface area contributed by atoms with Crippen molar-refractivity contribution in [2.24, 2.45) is 11.7 Å². The van der Waals surface area contributed by atoms with Crippen molar-refractivity contribution in [2.45, 2.75) is 12.8 Å². The highest BCUT2D eigenvalue weighted by Crippen LogP contribution is 2.32. The van der Waals surface area contributed by atoms with Gasteiger partial charge in [-0.15, -0.1) is 0 Å². The molecule has 1 heterocycles. The Morgan fingerprint density at radius 2 is 2.20 bits per heavy atom. The van der Waals surface area contributed by atoms with E-state index in [1.165, 1.54) is 0 Å². The molecule has 0 aliphatic carbocycles. The van der Waals surface area contributed by atoms with Crippen molar-refractivity contribution in [1.29, 1.82) is 0 Å². The molecule has 0 radical (unpaired) electrons. The maximum absolute atomic E-state index is 12.6. The molecule has 0 aromatic heterocycles. The van der Waals surface area contributed by atoms with E-state index in [1.807, 2.05) is 11.0 Å². The molecule has 1 amide bonds. The Kier molecular flexibility index (Phi) is 4.84. The average Bonchev–Trinajstić information content (AvgIpc) is 2.94. The number of carbonyl (C=O) groups is 1. The zero-order valence-corrected chi connectivity index (χ0v) is 12.1. The van der Waals surface area contributed by atoms with Crippen molar-refractivity contribution in [1.82, 2.24) is 4.90 Å². The van der Waals surface area contributed by atoms with Crippen LogP contribution in [0.4, 0.5) is 0 Å². The molecule has 5 nitrogen and oxygen atoms in total. The van der Waals surface area contributed by atoms with Crippen LogP contribution in [0.1, 0.15) is 23.2 Å². The first-order chi connectivity index (χ1) is 9.71. The Bertz CT molecular complexity index is 476. The smallest absolute Gasteiger partial charge is 0.257 e. The van der Waals surface area contributed by atoms with E-state index in [4.69, 9.17) is 15.2 Å². The van der Waals surface area contributed by atoms with Crippen LogP contribution >= 0.6 is 0 Å². The number of hydrogen-bond acceptors (Lipinski definition) is 4. The summed E-state index contributed by atoms with van der Waals surface area (Å²) in [5, 5.41) is 0. The van der Waals surface area contributed by atoms with Gasteiger partial charge >= 0.3 is 0 Å². The van der Waals surface area contributed by atoms with Crippen LogP contribution in [0.2, 0.25) is 0 Å². The second kappa shape index (κ2) is 6.61. The van der Waals surface area contributed by atoms with E-state index in [-0.39, 0.29) is 5.91 Å². The third kappa shape index (κ3) is 2.88. The van der Waals surface area contributed by atoms with Crippen molar-refractivity contribution in [2.75, 3.05) is 33.9 Å². The molecule has 110 valence electrons. The molecule has 1 aliphatic rings. The Hall–Kier alpha value is -1.75. The highest BCUT2D eigenvalue weighted by atomic mass is 16.5. The summed E-state index contributed by atoms with van der Waals surface area (Å²) < 4.78 is 10.6. The van der Waals surface area contributed by atoms with Crippen molar-refractivity contribution in [3.05, 3.63) is 23.8 Å². The summed E-state index contributed by atoms with van der Waals surface area (Å²) in [5.41, 5.74) is 6.14. The fourth-order valence-corrected chi connectivity index (χ4v) is 2.71. The molecule has 2 N–H and O–H groups in total. The molecule has 5 heteroatoms. The molecule has 0 saturated carbocycles. The number of amides is 1. The van der Waals surface area contributed by atoms with Gasteiger partial charge in [0, 0.05) is 13.1 Å². The van der Waals surface area contributed by atoms with Crippen molar-refractivity contribution < 1.29 is 14.3 Å². The summed E-state index contributed by atoms with van der Waals surface area (Å²) in [4.78, 5) is 14.5. The van der Waals surface area contributed by atoms with Gasteiger partial charge in [0.1, 0.15) is 0 Å². The number of carbonyl (C=O) groups excluding carboxylic acids is 1. The highest BCUT2D eigenvalue weighted by molar-refractivity contribution is 5.98. The van der Waals surface area contributed by atoms with E-state index < -0.39 is 0 Å². The van der Waals surface area contributed by atoms with Crippen molar-refractivity contribution >= 4 is 5.91 Å². The van der Waals surface area contributed by atoms with Gasteiger partial charge in [-0.05, 0) is 37.4 Å². The second-order valence-corrected chi connectivity index (χ2v) is 5.02. The Morgan fingerprint density at radius 3 is 2.85 bits per heavy atom. The van der Waals surface area contributed by atoms with E-state index >= 15 is 0 Å². The van der Waals surface area contributed by atoms with Gasteiger partial charge in [0.05, 0.1) is 19.8 Å². The van der Waals surface area contributed by atoms with Gasteiger partial charge in [0.25, 0.3) is 5.91 Å². The molecule has 1 aromatic rings. The third-order valence-electron chi connectivity index (χ3n) is 3.78. The number of hydrogen-bond donors (Lipinski definition) is 1. The van der Waals surface area contributed by atoms with Crippen molar-refractivity contribution in [3.63, 3.8) is 0 Å². The van der Waals surface area contributed by atoms with Crippen LogP contribution in [-0.2, 0) is 0 Å². The summed E-state index contributed by atoms with van der Waals surface area (Å²) in [6, 6.07) is 5.37. The van der Waals surface area contributed by atoms with Crippen LogP contribution in [0.3, 0.4) is 0 Å². The summed E-state index contributed by atoms with van der Waals surface area (Å²) in [7, 11) is 3.12. The lowest BCUT2D eigenvalue weighted by Gasteiger charge is -2.19. The first-order valence-electron chi connectivity index (χ1n) is 6.91. The average molecular weight is 278 g/mol. The number of ether oxygens (including phenoxy) is 2. The number of benzene rings is 1. The number of nitrogens with two attached hydrogens (primary N) is 1. The predicted octanol–water partition coefficient (Wildman–Crippen LogP) is 1.51. The van der Waals surface area contributed by atoms with Crippen LogP contribution < -0.4 is 15.2 Å². The monoisotopic (exact) mass is 278 g/mol. The summed E-state index contributed by atoms with van der Waals surface area (Å²) in [5.74, 6) is 1.60. The number of para-hydroxylation sites is 1. The van der Waals surface area contributed by atoms with Crippen LogP contribution in [0.5, 0.6) is 11.5 Å². The van der Waals surface area contributed by atoms with E-state index in [9.17, 15) is 4.79 Å². The quantitative estimate of drug-likeness (QED) is 0.887. The summed E-state index contributed by atoms with van der Waals surface area (Å²) in [6.45, 7) is 2.23. The standard InChI is InChI=1S/C15H22N2O3/c1-19-13-5-3-4-12(14(13)20-2)15(18)17-9-7-11(10-17)6-8-16/h3-5,11H,6-10,16H2,1-2H3. The summed E-state index contributed by atoms with van der Waals surface area (Å²) >= 11 is 0. The Balaban J connectivity index is 2.18. The molecule has 1 unspecified atom stereocenters. The molecule has 1 aliphatic heterocycles. The van der Waals surface area contributed by atoms with Gasteiger partial charge in [0.15, 0.2) is 11.5 Å². The van der Waals surface area contributed by atoms with E-state index in [1.54, 1.807) is 26.4 Å². The van der Waals surface area contributed by atoms with Gasteiger partial charge in [-0.2, -0.15) is 0 Å². The molecule has 1 saturated heterocycles. The zero-order chi connectivity index (χ0) is 14.5. The minimum absolute atomic E-state index is 0.000251. The lowest BCUT2D eigenvalue weighted by atomic mass is 10.1. The number of methoxy groups -OCH3 is 2. The zero-order valence-electron chi connectivity index (χ0n) is 12.1. The van der Waals surface area contributed by atoms with Gasteiger partial charge in [-0.25, -0.2) is 0 Å². The Morgan fingerprint density at radius 1 is 1.40 bits per heavy atom. The van der Waals surface area contributed by atoms with Gasteiger partial charge < -0.3 is 20.1 Å². The lowest BCUT2D eigenvalue weighted by molar-refractivity contribution is 0.0782. The molecule has 0 spiro atoms. The molecular formula is C15H22N2O3. The topological polar surface area (TPSA) is 64.8 Å². The predicted molar refractivity (Wildman–Crippen MR) is 77.2 cm³/mol. The van der Waals surface area contributed by atoms with Crippen LogP contribution in [0.25, 0.3) is 0 Å². The molecule has 0 bridgehead atoms. The third-order valence-corrected chi connectivity index (χ3v) is 3.78. The first kappa shape index (κ1) is 14.7. The maximum Gasteiger partial charge on any atom is 0.257 e. The first-order valence-corrected chi connectivity index (χ1v) is 6.91. The molecule has 2 rings (SSSR count). The molecular weight excluding hydrogens is 256 g/mol. The largest absolute Gasteiger partial charge is 0.493 e. The van der Waals surface area contributed by atoms with Crippen molar-refractivity contribution in [3.8, 4) is 11.5 Å². The molecule has 1 atom stereocenters.